The molecular weight excluding hydrogens is 336 g/mol. The first-order chi connectivity index (χ1) is 11.4. The molecule has 0 heterocycles. The van der Waals surface area contributed by atoms with Crippen LogP contribution in [0.2, 0.25) is 5.02 Å². The molecule has 0 aliphatic heterocycles. The molecule has 5 N–H and O–H groups in total. The second kappa shape index (κ2) is 7.56. The number of aromatic hydroxyl groups is 3. The third-order valence-electron chi connectivity index (χ3n) is 3.13. The van der Waals surface area contributed by atoms with E-state index in [1.165, 1.54) is 0 Å². The van der Waals surface area contributed by atoms with Crippen molar-refractivity contribution in [2.24, 2.45) is 0 Å². The number of carbonyl (C=O) groups excluding carboxylic acids is 2. The van der Waals surface area contributed by atoms with Crippen molar-refractivity contribution in [3.63, 3.8) is 0 Å². The highest BCUT2D eigenvalue weighted by Crippen LogP contribution is 2.35. The van der Waals surface area contributed by atoms with E-state index in [9.17, 15) is 24.9 Å². The van der Waals surface area contributed by atoms with E-state index in [4.69, 9.17) is 11.6 Å². The van der Waals surface area contributed by atoms with Gasteiger partial charge < -0.3 is 26.0 Å². The monoisotopic (exact) mass is 350 g/mol. The summed E-state index contributed by atoms with van der Waals surface area (Å²) in [4.78, 5) is 23.7. The maximum Gasteiger partial charge on any atom is 0.251 e. The molecule has 7 nitrogen and oxygen atoms in total. The molecule has 0 saturated heterocycles. The van der Waals surface area contributed by atoms with Crippen LogP contribution in [0.25, 0.3) is 0 Å². The second-order valence-electron chi connectivity index (χ2n) is 4.88. The van der Waals surface area contributed by atoms with Crippen molar-refractivity contribution in [3.05, 3.63) is 52.5 Å². The highest BCUT2D eigenvalue weighted by atomic mass is 35.5. The van der Waals surface area contributed by atoms with Crippen LogP contribution in [0.5, 0.6) is 17.2 Å². The van der Waals surface area contributed by atoms with Crippen molar-refractivity contribution in [2.75, 3.05) is 13.1 Å². The number of hydrogen-bond donors (Lipinski definition) is 5. The van der Waals surface area contributed by atoms with Gasteiger partial charge in [0.25, 0.3) is 11.8 Å². The van der Waals surface area contributed by atoms with E-state index >= 15 is 0 Å². The van der Waals surface area contributed by atoms with Crippen LogP contribution in [0.4, 0.5) is 0 Å². The minimum Gasteiger partial charge on any atom is -0.504 e. The Bertz CT molecular complexity index is 739. The highest BCUT2D eigenvalue weighted by molar-refractivity contribution is 6.30. The Morgan fingerprint density at radius 3 is 1.79 bits per heavy atom. The predicted octanol–water partition coefficient (Wildman–Crippen LogP) is 1.62. The lowest BCUT2D eigenvalue weighted by molar-refractivity contribution is 0.0927. The third kappa shape index (κ3) is 4.30. The predicted molar refractivity (Wildman–Crippen MR) is 87.6 cm³/mol. The fourth-order valence-corrected chi connectivity index (χ4v) is 2.02. The molecule has 0 saturated carbocycles. The van der Waals surface area contributed by atoms with Gasteiger partial charge in [-0.05, 0) is 36.4 Å². The minimum atomic E-state index is -0.693. The van der Waals surface area contributed by atoms with Gasteiger partial charge in [0.1, 0.15) is 0 Å². The van der Waals surface area contributed by atoms with Crippen molar-refractivity contribution in [1.29, 1.82) is 0 Å². The number of rotatable bonds is 5. The molecule has 0 aliphatic carbocycles. The number of hydrogen-bond acceptors (Lipinski definition) is 5. The van der Waals surface area contributed by atoms with Crippen molar-refractivity contribution in [1.82, 2.24) is 10.6 Å². The number of phenols is 3. The minimum absolute atomic E-state index is 0.0215. The summed E-state index contributed by atoms with van der Waals surface area (Å²) in [7, 11) is 0. The standard InChI is InChI=1S/C16H15ClN2O5/c17-11-3-1-9(2-4-11)15(23)18-5-6-19-16(24)10-7-12(20)14(22)13(21)8-10/h1-4,7-8,20-22H,5-6H2,(H,18,23)(H,19,24). The molecule has 0 atom stereocenters. The number of benzene rings is 2. The van der Waals surface area contributed by atoms with E-state index in [1.54, 1.807) is 24.3 Å². The fraction of sp³-hybridized carbons (Fsp3) is 0.125. The Kier molecular flexibility index (Phi) is 5.49. The summed E-state index contributed by atoms with van der Waals surface area (Å²) in [6.07, 6.45) is 0. The number of carbonyl (C=O) groups is 2. The Morgan fingerprint density at radius 1 is 0.833 bits per heavy atom. The van der Waals surface area contributed by atoms with Gasteiger partial charge in [0.05, 0.1) is 0 Å². The Labute approximate surface area is 142 Å². The molecule has 8 heteroatoms. The molecular formula is C16H15ClN2O5. The first kappa shape index (κ1) is 17.4. The van der Waals surface area contributed by atoms with Gasteiger partial charge >= 0.3 is 0 Å². The molecule has 2 aromatic carbocycles. The fourth-order valence-electron chi connectivity index (χ4n) is 1.89. The summed E-state index contributed by atoms with van der Waals surface area (Å²) in [6.45, 7) is 0.323. The maximum absolute atomic E-state index is 11.9. The highest BCUT2D eigenvalue weighted by Gasteiger charge is 2.13. The van der Waals surface area contributed by atoms with Crippen molar-refractivity contribution >= 4 is 23.4 Å². The zero-order valence-corrected chi connectivity index (χ0v) is 13.2. The average Bonchev–Trinajstić information content (AvgIpc) is 2.56. The van der Waals surface area contributed by atoms with Gasteiger partial charge in [-0.1, -0.05) is 11.6 Å². The molecule has 0 aliphatic rings. The maximum atomic E-state index is 11.9. The van der Waals surface area contributed by atoms with Crippen molar-refractivity contribution < 1.29 is 24.9 Å². The number of halogens is 1. The second-order valence-corrected chi connectivity index (χ2v) is 5.32. The van der Waals surface area contributed by atoms with Crippen LogP contribution < -0.4 is 10.6 Å². The van der Waals surface area contributed by atoms with Gasteiger partial charge in [-0.3, -0.25) is 9.59 Å². The molecule has 0 bridgehead atoms. The van der Waals surface area contributed by atoms with Crippen LogP contribution in [0.15, 0.2) is 36.4 Å². The molecule has 24 heavy (non-hydrogen) atoms. The molecule has 0 radical (unpaired) electrons. The zero-order chi connectivity index (χ0) is 17.7. The lowest BCUT2D eigenvalue weighted by Crippen LogP contribution is -2.34. The zero-order valence-electron chi connectivity index (χ0n) is 12.4. The number of phenolic OH excluding ortho intramolecular Hbond substituents is 3. The van der Waals surface area contributed by atoms with Gasteiger partial charge in [0.2, 0.25) is 0 Å². The quantitative estimate of drug-likeness (QED) is 0.414. The summed E-state index contributed by atoms with van der Waals surface area (Å²) in [5.41, 5.74) is 0.422. The van der Waals surface area contributed by atoms with E-state index in [2.05, 4.69) is 10.6 Å². The van der Waals surface area contributed by atoms with Gasteiger partial charge in [-0.15, -0.1) is 0 Å². The van der Waals surface area contributed by atoms with Crippen LogP contribution in [-0.2, 0) is 0 Å². The average molecular weight is 351 g/mol. The van der Waals surface area contributed by atoms with Gasteiger partial charge in [0.15, 0.2) is 17.2 Å². The van der Waals surface area contributed by atoms with Gasteiger partial charge in [-0.25, -0.2) is 0 Å². The summed E-state index contributed by atoms with van der Waals surface area (Å²) >= 11 is 5.74. The van der Waals surface area contributed by atoms with Crippen LogP contribution in [0.1, 0.15) is 20.7 Å². The molecule has 2 amide bonds. The SMILES string of the molecule is O=C(NCCNC(=O)c1cc(O)c(O)c(O)c1)c1ccc(Cl)cc1. The lowest BCUT2D eigenvalue weighted by atomic mass is 10.1. The first-order valence-corrected chi connectivity index (χ1v) is 7.33. The van der Waals surface area contributed by atoms with Crippen LogP contribution in [0, 0.1) is 0 Å². The molecule has 2 aromatic rings. The van der Waals surface area contributed by atoms with Crippen LogP contribution in [0.3, 0.4) is 0 Å². The Balaban J connectivity index is 1.83. The molecule has 2 rings (SSSR count). The molecule has 0 fully saturated rings. The summed E-state index contributed by atoms with van der Waals surface area (Å²) < 4.78 is 0. The normalized spacial score (nSPS) is 10.2. The van der Waals surface area contributed by atoms with Gasteiger partial charge in [0, 0.05) is 29.2 Å². The van der Waals surface area contributed by atoms with E-state index in [0.717, 1.165) is 12.1 Å². The van der Waals surface area contributed by atoms with Crippen molar-refractivity contribution in [3.8, 4) is 17.2 Å². The Morgan fingerprint density at radius 2 is 1.29 bits per heavy atom. The van der Waals surface area contributed by atoms with Crippen LogP contribution >= 0.6 is 11.6 Å². The van der Waals surface area contributed by atoms with E-state index in [-0.39, 0.29) is 24.6 Å². The van der Waals surface area contributed by atoms with Crippen molar-refractivity contribution in [2.45, 2.75) is 0 Å². The molecule has 126 valence electrons. The smallest absolute Gasteiger partial charge is 0.251 e. The largest absolute Gasteiger partial charge is 0.504 e. The lowest BCUT2D eigenvalue weighted by Gasteiger charge is -2.09. The van der Waals surface area contributed by atoms with Crippen LogP contribution in [-0.4, -0.2) is 40.2 Å². The molecule has 0 spiro atoms. The summed E-state index contributed by atoms with van der Waals surface area (Å²) in [5.74, 6) is -2.77. The molecule has 0 aromatic heterocycles. The van der Waals surface area contributed by atoms with E-state index in [0.29, 0.717) is 10.6 Å². The number of amides is 2. The topological polar surface area (TPSA) is 119 Å². The van der Waals surface area contributed by atoms with E-state index in [1.807, 2.05) is 0 Å². The van der Waals surface area contributed by atoms with Gasteiger partial charge in [-0.2, -0.15) is 0 Å². The Hall–Kier alpha value is -2.93. The molecule has 0 unspecified atom stereocenters. The first-order valence-electron chi connectivity index (χ1n) is 6.95. The summed E-state index contributed by atoms with van der Waals surface area (Å²) in [6, 6.07) is 8.41. The summed E-state index contributed by atoms with van der Waals surface area (Å²) in [5, 5.41) is 33.6. The third-order valence-corrected chi connectivity index (χ3v) is 3.39. The van der Waals surface area contributed by atoms with E-state index < -0.39 is 23.2 Å². The number of nitrogens with one attached hydrogen (secondary N) is 2.